The highest BCUT2D eigenvalue weighted by molar-refractivity contribution is 9.10. The average Bonchev–Trinajstić information content (AvgIpc) is 2.19. The Labute approximate surface area is 107 Å². The fourth-order valence-corrected chi connectivity index (χ4v) is 1.79. The molecule has 6 heteroatoms. The van der Waals surface area contributed by atoms with Crippen LogP contribution in [0.4, 0.5) is 5.82 Å². The predicted molar refractivity (Wildman–Crippen MR) is 68.8 cm³/mol. The van der Waals surface area contributed by atoms with Gasteiger partial charge < -0.3 is 5.32 Å². The summed E-state index contributed by atoms with van der Waals surface area (Å²) in [5.41, 5.74) is 1.44. The van der Waals surface area contributed by atoms with Crippen molar-refractivity contribution in [2.45, 2.75) is 19.9 Å². The molecule has 0 amide bonds. The van der Waals surface area contributed by atoms with Crippen LogP contribution in [0, 0.1) is 0 Å². The third-order valence-electron chi connectivity index (χ3n) is 1.90. The van der Waals surface area contributed by atoms with Crippen molar-refractivity contribution < 1.29 is 0 Å². The zero-order valence-electron chi connectivity index (χ0n) is 8.83. The van der Waals surface area contributed by atoms with Crippen molar-refractivity contribution in [3.63, 3.8) is 0 Å². The third-order valence-corrected chi connectivity index (χ3v) is 2.60. The molecule has 1 N–H and O–H groups in total. The number of nitrogens with zero attached hydrogens (tertiary/aromatic N) is 3. The van der Waals surface area contributed by atoms with E-state index >= 15 is 0 Å². The van der Waals surface area contributed by atoms with E-state index in [1.54, 1.807) is 6.20 Å². The molecular formula is C10H10BrClN4. The van der Waals surface area contributed by atoms with Gasteiger partial charge in [-0.15, -0.1) is 0 Å². The van der Waals surface area contributed by atoms with Crippen molar-refractivity contribution in [2.75, 3.05) is 5.32 Å². The minimum atomic E-state index is 0.259. The first-order valence-corrected chi connectivity index (χ1v) is 5.98. The number of aromatic nitrogens is 3. The Hall–Kier alpha value is -0.940. The molecule has 0 aliphatic heterocycles. The number of pyridine rings is 1. The molecule has 0 fully saturated rings. The lowest BCUT2D eigenvalue weighted by molar-refractivity contribution is 0.889. The normalized spacial score (nSPS) is 11.1. The summed E-state index contributed by atoms with van der Waals surface area (Å²) in [5.74, 6) is 0.599. The van der Waals surface area contributed by atoms with Crippen LogP contribution in [0.25, 0.3) is 11.0 Å². The fraction of sp³-hybridized carbons (Fsp3) is 0.300. The van der Waals surface area contributed by atoms with Crippen molar-refractivity contribution in [1.29, 1.82) is 0 Å². The van der Waals surface area contributed by atoms with Crippen molar-refractivity contribution in [3.8, 4) is 0 Å². The number of anilines is 1. The molecule has 0 bridgehead atoms. The molecule has 0 atom stereocenters. The van der Waals surface area contributed by atoms with E-state index in [1.165, 1.54) is 0 Å². The lowest BCUT2D eigenvalue weighted by Crippen LogP contribution is -2.12. The molecule has 0 aliphatic rings. The van der Waals surface area contributed by atoms with Gasteiger partial charge in [-0.25, -0.2) is 15.0 Å². The Kier molecular flexibility index (Phi) is 3.25. The van der Waals surface area contributed by atoms with E-state index in [1.807, 2.05) is 19.9 Å². The molecule has 4 nitrogen and oxygen atoms in total. The van der Waals surface area contributed by atoms with E-state index in [-0.39, 0.29) is 6.04 Å². The number of nitrogens with one attached hydrogen (secondary N) is 1. The van der Waals surface area contributed by atoms with Crippen molar-refractivity contribution >= 4 is 44.4 Å². The molecule has 0 aromatic carbocycles. The van der Waals surface area contributed by atoms with Crippen LogP contribution in [0.5, 0.6) is 0 Å². The van der Waals surface area contributed by atoms with E-state index in [9.17, 15) is 0 Å². The van der Waals surface area contributed by atoms with Crippen molar-refractivity contribution in [1.82, 2.24) is 15.0 Å². The molecule has 2 rings (SSSR count). The van der Waals surface area contributed by atoms with Crippen LogP contribution in [-0.4, -0.2) is 21.0 Å². The second kappa shape index (κ2) is 4.51. The first-order valence-electron chi connectivity index (χ1n) is 4.81. The number of hydrogen-bond donors (Lipinski definition) is 1. The van der Waals surface area contributed by atoms with E-state index in [2.05, 4.69) is 36.2 Å². The zero-order valence-corrected chi connectivity index (χ0v) is 11.2. The molecule has 0 spiro atoms. The number of rotatable bonds is 2. The summed E-state index contributed by atoms with van der Waals surface area (Å²) in [6, 6.07) is 2.07. The molecule has 2 aromatic rings. The lowest BCUT2D eigenvalue weighted by atomic mass is 10.3. The monoisotopic (exact) mass is 300 g/mol. The minimum absolute atomic E-state index is 0.259. The van der Waals surface area contributed by atoms with E-state index in [0.717, 1.165) is 10.1 Å². The summed E-state index contributed by atoms with van der Waals surface area (Å²) in [4.78, 5) is 12.7. The second-order valence-electron chi connectivity index (χ2n) is 3.66. The molecule has 0 saturated heterocycles. The van der Waals surface area contributed by atoms with Gasteiger partial charge in [0.15, 0.2) is 11.0 Å². The molecule has 0 saturated carbocycles. The maximum Gasteiger partial charge on any atom is 0.172 e. The minimum Gasteiger partial charge on any atom is -0.365 e. The largest absolute Gasteiger partial charge is 0.365 e. The lowest BCUT2D eigenvalue weighted by Gasteiger charge is -2.10. The highest BCUT2D eigenvalue weighted by Crippen LogP contribution is 2.22. The molecule has 2 aromatic heterocycles. The quantitative estimate of drug-likeness (QED) is 0.865. The standard InChI is InChI=1S/C10H10BrClN4/c1-5(2)14-10-9(12)15-7-4-13-8(11)3-6(7)16-10/h3-5H,1-2H3,(H,14,16). The van der Waals surface area contributed by atoms with E-state index < -0.39 is 0 Å². The second-order valence-corrected chi connectivity index (χ2v) is 4.83. The number of fused-ring (bicyclic) bond motifs is 1. The highest BCUT2D eigenvalue weighted by atomic mass is 79.9. The smallest absolute Gasteiger partial charge is 0.172 e. The maximum absolute atomic E-state index is 6.01. The van der Waals surface area contributed by atoms with E-state index in [4.69, 9.17) is 11.6 Å². The summed E-state index contributed by atoms with van der Waals surface area (Å²) in [7, 11) is 0. The van der Waals surface area contributed by atoms with Crippen LogP contribution in [0.15, 0.2) is 16.9 Å². The predicted octanol–water partition coefficient (Wildman–Crippen LogP) is 3.26. The van der Waals surface area contributed by atoms with Crippen LogP contribution in [0.3, 0.4) is 0 Å². The maximum atomic E-state index is 6.01. The fourth-order valence-electron chi connectivity index (χ4n) is 1.28. The van der Waals surface area contributed by atoms with Gasteiger partial charge in [-0.1, -0.05) is 11.6 Å². The van der Waals surface area contributed by atoms with Gasteiger partial charge in [0.05, 0.1) is 11.7 Å². The molecule has 2 heterocycles. The Morgan fingerprint density at radius 3 is 2.75 bits per heavy atom. The highest BCUT2D eigenvalue weighted by Gasteiger charge is 2.08. The Balaban J connectivity index is 2.55. The van der Waals surface area contributed by atoms with Crippen LogP contribution in [-0.2, 0) is 0 Å². The molecular weight excluding hydrogens is 291 g/mol. The van der Waals surface area contributed by atoms with Crippen LogP contribution in [0.1, 0.15) is 13.8 Å². The Morgan fingerprint density at radius 2 is 2.06 bits per heavy atom. The summed E-state index contributed by atoms with van der Waals surface area (Å²) < 4.78 is 0.729. The van der Waals surface area contributed by atoms with Gasteiger partial charge in [-0.2, -0.15) is 0 Å². The topological polar surface area (TPSA) is 50.7 Å². The van der Waals surface area contributed by atoms with Gasteiger partial charge >= 0.3 is 0 Å². The Bertz CT molecular complexity index is 529. The Morgan fingerprint density at radius 1 is 1.31 bits per heavy atom. The summed E-state index contributed by atoms with van der Waals surface area (Å²) >= 11 is 9.31. The SMILES string of the molecule is CC(C)Nc1nc2cc(Br)ncc2nc1Cl. The van der Waals surface area contributed by atoms with Gasteiger partial charge in [0.1, 0.15) is 10.1 Å². The molecule has 0 aliphatic carbocycles. The van der Waals surface area contributed by atoms with Gasteiger partial charge in [0.25, 0.3) is 0 Å². The molecule has 0 unspecified atom stereocenters. The number of hydrogen-bond acceptors (Lipinski definition) is 4. The van der Waals surface area contributed by atoms with Gasteiger partial charge in [0.2, 0.25) is 0 Å². The molecule has 0 radical (unpaired) electrons. The summed E-state index contributed by atoms with van der Waals surface area (Å²) in [6.07, 6.45) is 1.64. The van der Waals surface area contributed by atoms with Gasteiger partial charge in [0, 0.05) is 6.04 Å². The van der Waals surface area contributed by atoms with Crippen LogP contribution < -0.4 is 5.32 Å². The third kappa shape index (κ3) is 2.41. The average molecular weight is 302 g/mol. The summed E-state index contributed by atoms with van der Waals surface area (Å²) in [5, 5.41) is 3.51. The summed E-state index contributed by atoms with van der Waals surface area (Å²) in [6.45, 7) is 4.04. The first-order chi connectivity index (χ1) is 7.56. The van der Waals surface area contributed by atoms with Crippen molar-refractivity contribution in [3.05, 3.63) is 22.0 Å². The molecule has 84 valence electrons. The van der Waals surface area contributed by atoms with Gasteiger partial charge in [-0.05, 0) is 35.8 Å². The van der Waals surface area contributed by atoms with Crippen LogP contribution >= 0.6 is 27.5 Å². The van der Waals surface area contributed by atoms with Gasteiger partial charge in [-0.3, -0.25) is 0 Å². The zero-order chi connectivity index (χ0) is 11.7. The molecule has 16 heavy (non-hydrogen) atoms. The van der Waals surface area contributed by atoms with E-state index in [0.29, 0.717) is 16.5 Å². The van der Waals surface area contributed by atoms with Crippen LogP contribution in [0.2, 0.25) is 5.15 Å². The number of halogens is 2. The van der Waals surface area contributed by atoms with Crippen molar-refractivity contribution in [2.24, 2.45) is 0 Å². The first kappa shape index (κ1) is 11.5.